The Morgan fingerprint density at radius 3 is 1.78 bits per heavy atom. The van der Waals surface area contributed by atoms with Crippen LogP contribution in [0, 0.1) is 0 Å². The van der Waals surface area contributed by atoms with E-state index in [1.807, 2.05) is 6.07 Å². The van der Waals surface area contributed by atoms with Crippen LogP contribution in [0.4, 0.5) is 0 Å². The largest absolute Gasteiger partial charge is 2.00 e. The molecule has 0 aliphatic rings. The molecular weight excluding hydrogens is 194 g/mol. The second-order valence-corrected chi connectivity index (χ2v) is 1.34. The van der Waals surface area contributed by atoms with Crippen LogP contribution >= 0.6 is 0 Å². The second kappa shape index (κ2) is 7.02. The van der Waals surface area contributed by atoms with Crippen LogP contribution in [0.1, 0.15) is 2.85 Å². The zero-order chi connectivity index (χ0) is 5.11. The first-order valence-electron chi connectivity index (χ1n) is 2.13. The van der Waals surface area contributed by atoms with E-state index in [0.717, 1.165) is 0 Å². The molecule has 0 heterocycles. The van der Waals surface area contributed by atoms with E-state index >= 15 is 0 Å². The van der Waals surface area contributed by atoms with Gasteiger partial charge in [-0.2, -0.15) is 0 Å². The monoisotopic (exact) mass is 200 g/mol. The van der Waals surface area contributed by atoms with E-state index in [9.17, 15) is 0 Å². The summed E-state index contributed by atoms with van der Waals surface area (Å²) in [5, 5.41) is 8.63. The maximum Gasteiger partial charge on any atom is 2.00 e. The van der Waals surface area contributed by atoms with Gasteiger partial charge >= 0.3 is 37.7 Å². The Balaban J connectivity index is -0.0000000612. The van der Waals surface area contributed by atoms with Crippen molar-refractivity contribution in [2.75, 3.05) is 0 Å². The number of benzene rings is 1. The van der Waals surface area contributed by atoms with Crippen molar-refractivity contribution >= 4 is 37.7 Å². The number of phenolic OH excluding ortho intramolecular Hbond substituents is 1. The van der Waals surface area contributed by atoms with E-state index in [1.165, 1.54) is 0 Å². The fraction of sp³-hybridized carbons (Fsp3) is 0. The van der Waals surface area contributed by atoms with Crippen molar-refractivity contribution in [1.29, 1.82) is 0 Å². The first kappa shape index (κ1) is 12.6. The fourth-order valence-electron chi connectivity index (χ4n) is 0.428. The molecule has 1 N–H and O–H groups in total. The number of hydrogen-bond acceptors (Lipinski definition) is 1. The number of rotatable bonds is 0. The van der Waals surface area contributed by atoms with E-state index < -0.39 is 0 Å². The van der Waals surface area contributed by atoms with Crippen LogP contribution in [-0.4, -0.2) is 42.8 Å². The summed E-state index contributed by atoms with van der Waals surface area (Å²) in [6.07, 6.45) is 0. The van der Waals surface area contributed by atoms with Crippen LogP contribution in [0.5, 0.6) is 5.75 Å². The molecule has 0 fully saturated rings. The van der Waals surface area contributed by atoms with Crippen LogP contribution in [0.15, 0.2) is 30.3 Å². The van der Waals surface area contributed by atoms with Crippen molar-refractivity contribution in [1.82, 2.24) is 0 Å². The molecular formula is C6H8CaOZn. The minimum absolute atomic E-state index is 0. The maximum atomic E-state index is 8.63. The Bertz CT molecular complexity index is 151. The number of hydrogen-bond donors (Lipinski definition) is 1. The standard InChI is InChI=1S/C6H6O.Ca.Zn.2H/c7-6-4-2-1-3-5-6;;;;/h1-5,7H;;;;/q;+2;;2*-1. The van der Waals surface area contributed by atoms with Gasteiger partial charge in [0.25, 0.3) is 0 Å². The minimum Gasteiger partial charge on any atom is -1.00 e. The van der Waals surface area contributed by atoms with Gasteiger partial charge in [0.1, 0.15) is 5.75 Å². The third kappa shape index (κ3) is 5.35. The molecule has 0 aliphatic carbocycles. The molecule has 3 heteroatoms. The van der Waals surface area contributed by atoms with Crippen molar-refractivity contribution in [3.63, 3.8) is 0 Å². The Hall–Kier alpha value is 0.903. The van der Waals surface area contributed by atoms with Crippen LogP contribution in [0.25, 0.3) is 0 Å². The Morgan fingerprint density at radius 2 is 1.56 bits per heavy atom. The van der Waals surface area contributed by atoms with Gasteiger partial charge in [-0.05, 0) is 12.1 Å². The Kier molecular flexibility index (Phi) is 9.80. The van der Waals surface area contributed by atoms with Gasteiger partial charge in [0, 0.05) is 19.5 Å². The molecule has 42 valence electrons. The third-order valence-corrected chi connectivity index (χ3v) is 0.756. The first-order valence-corrected chi connectivity index (χ1v) is 2.13. The zero-order valence-electron chi connectivity index (χ0n) is 7.25. The molecule has 0 unspecified atom stereocenters. The van der Waals surface area contributed by atoms with Crippen LogP contribution in [-0.2, 0) is 19.5 Å². The summed E-state index contributed by atoms with van der Waals surface area (Å²) in [7, 11) is 0. The average molecular weight is 202 g/mol. The molecule has 0 saturated heterocycles. The summed E-state index contributed by atoms with van der Waals surface area (Å²) >= 11 is 0. The van der Waals surface area contributed by atoms with E-state index in [1.54, 1.807) is 24.3 Å². The van der Waals surface area contributed by atoms with E-state index in [0.29, 0.717) is 5.75 Å². The zero-order valence-corrected chi connectivity index (χ0v) is 10.4. The van der Waals surface area contributed by atoms with Gasteiger partial charge in [-0.3, -0.25) is 0 Å². The fourth-order valence-corrected chi connectivity index (χ4v) is 0.428. The van der Waals surface area contributed by atoms with Crippen molar-refractivity contribution in [2.24, 2.45) is 0 Å². The minimum atomic E-state index is 0. The van der Waals surface area contributed by atoms with Gasteiger partial charge in [-0.1, -0.05) is 18.2 Å². The number of phenols is 1. The molecule has 1 aromatic rings. The summed E-state index contributed by atoms with van der Waals surface area (Å²) in [6.45, 7) is 0. The van der Waals surface area contributed by atoms with Crippen LogP contribution in [0.2, 0.25) is 0 Å². The average Bonchev–Trinajstić information content (AvgIpc) is 1.69. The predicted molar refractivity (Wildman–Crippen MR) is 36.1 cm³/mol. The molecule has 0 atom stereocenters. The Labute approximate surface area is 100 Å². The second-order valence-electron chi connectivity index (χ2n) is 1.34. The van der Waals surface area contributed by atoms with Gasteiger partial charge in [0.15, 0.2) is 0 Å². The topological polar surface area (TPSA) is 20.2 Å². The third-order valence-electron chi connectivity index (χ3n) is 0.756. The van der Waals surface area contributed by atoms with Crippen molar-refractivity contribution in [2.45, 2.75) is 0 Å². The molecule has 0 aliphatic heterocycles. The van der Waals surface area contributed by atoms with E-state index in [-0.39, 0.29) is 60.1 Å². The van der Waals surface area contributed by atoms with Gasteiger partial charge in [-0.25, -0.2) is 0 Å². The molecule has 0 spiro atoms. The number of aromatic hydroxyl groups is 1. The van der Waals surface area contributed by atoms with Gasteiger partial charge in [0.05, 0.1) is 0 Å². The summed E-state index contributed by atoms with van der Waals surface area (Å²) in [6, 6.07) is 8.71. The van der Waals surface area contributed by atoms with Crippen molar-refractivity contribution in [3.8, 4) is 5.75 Å². The molecule has 0 radical (unpaired) electrons. The molecule has 1 nitrogen and oxygen atoms in total. The van der Waals surface area contributed by atoms with E-state index in [2.05, 4.69) is 0 Å². The van der Waals surface area contributed by atoms with Crippen molar-refractivity contribution < 1.29 is 27.4 Å². The van der Waals surface area contributed by atoms with Crippen molar-refractivity contribution in [3.05, 3.63) is 30.3 Å². The SMILES string of the molecule is Oc1ccccc1.[Ca+2].[H-].[H-].[Zn]. The summed E-state index contributed by atoms with van der Waals surface area (Å²) in [5.41, 5.74) is 0. The normalized spacial score (nSPS) is 6.67. The molecule has 1 rings (SSSR count). The maximum absolute atomic E-state index is 8.63. The van der Waals surface area contributed by atoms with Gasteiger partial charge < -0.3 is 7.96 Å². The molecule has 0 amide bonds. The van der Waals surface area contributed by atoms with E-state index in [4.69, 9.17) is 5.11 Å². The van der Waals surface area contributed by atoms with Crippen LogP contribution in [0.3, 0.4) is 0 Å². The summed E-state index contributed by atoms with van der Waals surface area (Å²) in [5.74, 6) is 0.322. The first-order chi connectivity index (χ1) is 3.39. The molecule has 0 saturated carbocycles. The molecule has 0 bridgehead atoms. The Morgan fingerprint density at radius 1 is 1.11 bits per heavy atom. The van der Waals surface area contributed by atoms with Crippen LogP contribution < -0.4 is 0 Å². The smallest absolute Gasteiger partial charge is 1.00 e. The van der Waals surface area contributed by atoms with Gasteiger partial charge in [0.2, 0.25) is 0 Å². The summed E-state index contributed by atoms with van der Waals surface area (Å²) < 4.78 is 0. The quantitative estimate of drug-likeness (QED) is 0.626. The predicted octanol–water partition coefficient (Wildman–Crippen LogP) is 1.23. The summed E-state index contributed by atoms with van der Waals surface area (Å²) in [4.78, 5) is 0. The molecule has 9 heavy (non-hydrogen) atoms. The van der Waals surface area contributed by atoms with Gasteiger partial charge in [-0.15, -0.1) is 0 Å². The number of para-hydroxylation sites is 1. The molecule has 1 aromatic carbocycles. The molecule has 0 aromatic heterocycles.